The van der Waals surface area contributed by atoms with Gasteiger partial charge in [0, 0.05) is 12.8 Å². The van der Waals surface area contributed by atoms with Gasteiger partial charge in [0.15, 0.2) is 0 Å². The van der Waals surface area contributed by atoms with E-state index in [1.165, 1.54) is 18.1 Å². The largest absolute Gasteiger partial charge is 0.465 e. The van der Waals surface area contributed by atoms with Crippen LogP contribution in [0, 0.1) is 5.92 Å². The van der Waals surface area contributed by atoms with E-state index in [4.69, 9.17) is 4.74 Å². The highest BCUT2D eigenvalue weighted by molar-refractivity contribution is 5.73. The van der Waals surface area contributed by atoms with E-state index >= 15 is 0 Å². The third-order valence-corrected chi connectivity index (χ3v) is 2.59. The van der Waals surface area contributed by atoms with Gasteiger partial charge in [-0.25, -0.2) is 0 Å². The molecule has 2 rings (SSSR count). The Morgan fingerprint density at radius 2 is 2.06 bits per heavy atom. The molecule has 2 nitrogen and oxygen atoms in total. The van der Waals surface area contributed by atoms with Crippen molar-refractivity contribution in [2.45, 2.75) is 6.92 Å². The third-order valence-electron chi connectivity index (χ3n) is 2.59. The molecule has 1 atom stereocenters. The molecule has 2 heteroatoms. The first-order chi connectivity index (χ1) is 7.77. The number of carbonyl (C=O) groups is 1. The van der Waals surface area contributed by atoms with E-state index in [0.717, 1.165) is 0 Å². The number of benzene rings is 1. The van der Waals surface area contributed by atoms with Gasteiger partial charge in [0.1, 0.15) is 6.61 Å². The number of ether oxygens (including phenoxy) is 1. The zero-order chi connectivity index (χ0) is 11.4. The van der Waals surface area contributed by atoms with Gasteiger partial charge in [0.2, 0.25) is 0 Å². The number of hydrogen-bond donors (Lipinski definition) is 0. The molecule has 0 aliphatic heterocycles. The van der Waals surface area contributed by atoms with Gasteiger partial charge in [-0.1, -0.05) is 48.6 Å². The molecular formula is C14H14O2. The van der Waals surface area contributed by atoms with Crippen molar-refractivity contribution in [3.8, 4) is 0 Å². The lowest BCUT2D eigenvalue weighted by Crippen LogP contribution is -2.10. The van der Waals surface area contributed by atoms with Crippen molar-refractivity contribution in [1.29, 1.82) is 0 Å². The highest BCUT2D eigenvalue weighted by Crippen LogP contribution is 2.29. The normalized spacial score (nSPS) is 18.3. The second-order valence-corrected chi connectivity index (χ2v) is 3.78. The minimum Gasteiger partial charge on any atom is -0.465 e. The third kappa shape index (κ3) is 2.40. The lowest BCUT2D eigenvalue weighted by molar-refractivity contribution is -0.141. The smallest absolute Gasteiger partial charge is 0.302 e. The molecule has 0 aromatic heterocycles. The van der Waals surface area contributed by atoms with Crippen LogP contribution in [0.4, 0.5) is 0 Å². The number of rotatable bonds is 3. The van der Waals surface area contributed by atoms with Gasteiger partial charge in [-0.05, 0) is 11.1 Å². The number of esters is 1. The Hall–Kier alpha value is -1.83. The second kappa shape index (κ2) is 4.79. The zero-order valence-corrected chi connectivity index (χ0v) is 9.22. The minimum atomic E-state index is -0.229. The van der Waals surface area contributed by atoms with Crippen LogP contribution in [0.2, 0.25) is 0 Å². The van der Waals surface area contributed by atoms with Crippen molar-refractivity contribution in [3.05, 3.63) is 54.1 Å². The molecule has 0 unspecified atom stereocenters. The molecule has 0 heterocycles. The standard InChI is InChI=1S/C14H14O2/c1-11(15)16-10-13-8-5-9-14(13)12-6-3-2-4-7-12/h2-9,13H,10H2,1H3/t13-/m1/s1. The van der Waals surface area contributed by atoms with Crippen LogP contribution in [0.3, 0.4) is 0 Å². The molecular weight excluding hydrogens is 200 g/mol. The molecule has 0 saturated carbocycles. The number of hydrogen-bond acceptors (Lipinski definition) is 2. The summed E-state index contributed by atoms with van der Waals surface area (Å²) in [4.78, 5) is 10.8. The van der Waals surface area contributed by atoms with Crippen LogP contribution in [0.25, 0.3) is 5.57 Å². The second-order valence-electron chi connectivity index (χ2n) is 3.78. The van der Waals surface area contributed by atoms with Crippen molar-refractivity contribution in [2.24, 2.45) is 5.92 Å². The highest BCUT2D eigenvalue weighted by atomic mass is 16.5. The summed E-state index contributed by atoms with van der Waals surface area (Å²) < 4.78 is 5.05. The average Bonchev–Trinajstić information content (AvgIpc) is 2.75. The van der Waals surface area contributed by atoms with Crippen LogP contribution < -0.4 is 0 Å². The van der Waals surface area contributed by atoms with Crippen molar-refractivity contribution in [2.75, 3.05) is 6.61 Å². The van der Waals surface area contributed by atoms with E-state index in [-0.39, 0.29) is 11.9 Å². The fourth-order valence-corrected chi connectivity index (χ4v) is 1.81. The van der Waals surface area contributed by atoms with E-state index in [2.05, 4.69) is 24.3 Å². The van der Waals surface area contributed by atoms with E-state index in [9.17, 15) is 4.79 Å². The predicted octanol–water partition coefficient (Wildman–Crippen LogP) is 2.82. The minimum absolute atomic E-state index is 0.186. The van der Waals surface area contributed by atoms with Gasteiger partial charge in [0.25, 0.3) is 0 Å². The predicted molar refractivity (Wildman–Crippen MR) is 63.7 cm³/mol. The van der Waals surface area contributed by atoms with Gasteiger partial charge in [-0.2, -0.15) is 0 Å². The van der Waals surface area contributed by atoms with Crippen LogP contribution in [-0.2, 0) is 9.53 Å². The maximum Gasteiger partial charge on any atom is 0.302 e. The molecule has 82 valence electrons. The van der Waals surface area contributed by atoms with Gasteiger partial charge in [-0.3, -0.25) is 4.79 Å². The van der Waals surface area contributed by atoms with Crippen molar-refractivity contribution in [1.82, 2.24) is 0 Å². The van der Waals surface area contributed by atoms with Crippen LogP contribution in [0.1, 0.15) is 12.5 Å². The van der Waals surface area contributed by atoms with Crippen molar-refractivity contribution in [3.63, 3.8) is 0 Å². The summed E-state index contributed by atoms with van der Waals surface area (Å²) in [5.74, 6) is -0.0426. The molecule has 1 aliphatic carbocycles. The Labute approximate surface area is 95.2 Å². The quantitative estimate of drug-likeness (QED) is 0.723. The summed E-state index contributed by atoms with van der Waals surface area (Å²) in [7, 11) is 0. The molecule has 0 N–H and O–H groups in total. The molecule has 1 aromatic carbocycles. The Bertz CT molecular complexity index is 429. The summed E-state index contributed by atoms with van der Waals surface area (Å²) in [6.07, 6.45) is 6.14. The summed E-state index contributed by atoms with van der Waals surface area (Å²) in [5, 5.41) is 0. The lowest BCUT2D eigenvalue weighted by Gasteiger charge is -2.13. The molecule has 1 aromatic rings. The average molecular weight is 214 g/mol. The lowest BCUT2D eigenvalue weighted by atomic mass is 9.96. The topological polar surface area (TPSA) is 26.3 Å². The van der Waals surface area contributed by atoms with Crippen molar-refractivity contribution < 1.29 is 9.53 Å². The summed E-state index contributed by atoms with van der Waals surface area (Å²) in [6.45, 7) is 1.86. The number of carbonyl (C=O) groups excluding carboxylic acids is 1. The Morgan fingerprint density at radius 3 is 2.75 bits per heavy atom. The molecule has 1 aliphatic rings. The molecule has 16 heavy (non-hydrogen) atoms. The van der Waals surface area contributed by atoms with Crippen LogP contribution in [-0.4, -0.2) is 12.6 Å². The van der Waals surface area contributed by atoms with Gasteiger partial charge < -0.3 is 4.74 Å². The molecule has 0 saturated heterocycles. The zero-order valence-electron chi connectivity index (χ0n) is 9.22. The maximum atomic E-state index is 10.8. The van der Waals surface area contributed by atoms with Gasteiger partial charge in [-0.15, -0.1) is 0 Å². The first kappa shape index (κ1) is 10.7. The Morgan fingerprint density at radius 1 is 1.31 bits per heavy atom. The maximum absolute atomic E-state index is 10.8. The van der Waals surface area contributed by atoms with Crippen LogP contribution in [0.5, 0.6) is 0 Å². The Kier molecular flexibility index (Phi) is 3.20. The highest BCUT2D eigenvalue weighted by Gasteiger charge is 2.17. The van der Waals surface area contributed by atoms with E-state index in [1.54, 1.807) is 0 Å². The molecule has 0 spiro atoms. The van der Waals surface area contributed by atoms with Crippen molar-refractivity contribution >= 4 is 11.5 Å². The first-order valence-corrected chi connectivity index (χ1v) is 5.34. The monoisotopic (exact) mass is 214 g/mol. The summed E-state index contributed by atoms with van der Waals surface area (Å²) in [6, 6.07) is 10.2. The van der Waals surface area contributed by atoms with E-state index in [0.29, 0.717) is 6.61 Å². The van der Waals surface area contributed by atoms with E-state index < -0.39 is 0 Å². The fraction of sp³-hybridized carbons (Fsp3) is 0.214. The number of allylic oxidation sites excluding steroid dienone is 2. The summed E-state index contributed by atoms with van der Waals surface area (Å²) in [5.41, 5.74) is 2.39. The van der Waals surface area contributed by atoms with Crippen LogP contribution >= 0.6 is 0 Å². The molecule has 0 bridgehead atoms. The van der Waals surface area contributed by atoms with Gasteiger partial charge in [0.05, 0.1) is 0 Å². The van der Waals surface area contributed by atoms with Gasteiger partial charge >= 0.3 is 5.97 Å². The molecule has 0 fully saturated rings. The summed E-state index contributed by atoms with van der Waals surface area (Å²) >= 11 is 0. The molecule has 0 radical (unpaired) electrons. The Balaban J connectivity index is 2.08. The molecule has 0 amide bonds. The van der Waals surface area contributed by atoms with Crippen LogP contribution in [0.15, 0.2) is 48.6 Å². The fourth-order valence-electron chi connectivity index (χ4n) is 1.81. The van der Waals surface area contributed by atoms with E-state index in [1.807, 2.05) is 24.3 Å². The first-order valence-electron chi connectivity index (χ1n) is 5.34. The SMILES string of the molecule is CC(=O)OC[C@H]1C=CC=C1c1ccccc1.